The van der Waals surface area contributed by atoms with E-state index in [0.717, 1.165) is 43.2 Å². The van der Waals surface area contributed by atoms with Crippen LogP contribution in [0.1, 0.15) is 54.4 Å². The Hall–Kier alpha value is -5.79. The Balaban J connectivity index is 1.10. The summed E-state index contributed by atoms with van der Waals surface area (Å²) in [6.07, 6.45) is 8.80. The maximum absolute atomic E-state index is 14.9. The zero-order chi connectivity index (χ0) is 36.5. The van der Waals surface area contributed by atoms with Gasteiger partial charge in [0, 0.05) is 62.1 Å². The summed E-state index contributed by atoms with van der Waals surface area (Å²) in [4.78, 5) is 24.2. The van der Waals surface area contributed by atoms with Crippen LogP contribution in [0.4, 0.5) is 10.2 Å². The van der Waals surface area contributed by atoms with E-state index in [-0.39, 0.29) is 28.8 Å². The smallest absolute Gasteiger partial charge is 0.267 e. The zero-order valence-electron chi connectivity index (χ0n) is 28.8. The monoisotopic (exact) mass is 702 g/mol. The zero-order valence-corrected chi connectivity index (χ0v) is 28.8. The standard InChI is InChI=1S/C40H39FN6O5/c1-50-36-13-12-28(21-35(36)48)33-25-45-40(32(23-43)39(33)29-10-11-30(22-42)34(41)20-29)47-17-15-31(16-18-47)44-24-27-7-5-26(6-8-27)9-14-37(49)46-52-38-4-2-3-19-51-38/h5-14,20-21,25,31,38,44,48H,2-4,15-19,24H2,1H3,(H,46,49)/b14-9+. The molecule has 3 N–H and O–H groups in total. The van der Waals surface area contributed by atoms with Crippen molar-refractivity contribution >= 4 is 17.8 Å². The van der Waals surface area contributed by atoms with Crippen molar-refractivity contribution in [3.05, 3.63) is 101 Å². The van der Waals surface area contributed by atoms with Crippen LogP contribution in [0.25, 0.3) is 28.3 Å². The number of rotatable bonds is 11. The van der Waals surface area contributed by atoms with Gasteiger partial charge in [0.15, 0.2) is 17.8 Å². The quantitative estimate of drug-likeness (QED) is 0.119. The number of amides is 1. The highest BCUT2D eigenvalue weighted by Gasteiger charge is 2.26. The van der Waals surface area contributed by atoms with Crippen molar-refractivity contribution in [2.24, 2.45) is 0 Å². The van der Waals surface area contributed by atoms with Crippen LogP contribution in [-0.4, -0.2) is 55.1 Å². The fraction of sp³-hybridized carbons (Fsp3) is 0.300. The van der Waals surface area contributed by atoms with Gasteiger partial charge in [-0.2, -0.15) is 10.5 Å². The molecular weight excluding hydrogens is 663 g/mol. The second-order valence-electron chi connectivity index (χ2n) is 12.6. The molecule has 1 aromatic heterocycles. The molecule has 2 aliphatic heterocycles. The van der Waals surface area contributed by atoms with E-state index in [4.69, 9.17) is 19.3 Å². The van der Waals surface area contributed by atoms with Crippen LogP contribution in [0.3, 0.4) is 0 Å². The molecule has 12 heteroatoms. The summed E-state index contributed by atoms with van der Waals surface area (Å²) >= 11 is 0. The van der Waals surface area contributed by atoms with Crippen LogP contribution in [-0.2, 0) is 20.9 Å². The average molecular weight is 703 g/mol. The third-order valence-electron chi connectivity index (χ3n) is 9.26. The topological polar surface area (TPSA) is 153 Å². The second kappa shape index (κ2) is 16.9. The Labute approximate surface area is 301 Å². The predicted molar refractivity (Wildman–Crippen MR) is 193 cm³/mol. The number of hydrogen-bond acceptors (Lipinski definition) is 10. The number of methoxy groups -OCH3 is 1. The molecule has 0 aliphatic carbocycles. The molecule has 11 nitrogen and oxygen atoms in total. The van der Waals surface area contributed by atoms with Gasteiger partial charge in [-0.1, -0.05) is 36.4 Å². The molecule has 1 amide bonds. The largest absolute Gasteiger partial charge is 0.504 e. The van der Waals surface area contributed by atoms with Gasteiger partial charge in [-0.3, -0.25) is 4.79 Å². The molecule has 0 radical (unpaired) electrons. The number of carbonyl (C=O) groups is 1. The number of benzene rings is 3. The summed E-state index contributed by atoms with van der Waals surface area (Å²) in [6, 6.07) is 21.5. The van der Waals surface area contributed by atoms with Crippen molar-refractivity contribution in [3.8, 4) is 45.9 Å². The van der Waals surface area contributed by atoms with Gasteiger partial charge in [0.1, 0.15) is 29.3 Å². The summed E-state index contributed by atoms with van der Waals surface area (Å²) in [5, 5.41) is 34.0. The van der Waals surface area contributed by atoms with Gasteiger partial charge < -0.3 is 24.8 Å². The van der Waals surface area contributed by atoms with E-state index >= 15 is 0 Å². The lowest BCUT2D eigenvalue weighted by molar-refractivity contribution is -0.198. The van der Waals surface area contributed by atoms with Gasteiger partial charge in [0.05, 0.1) is 12.7 Å². The molecule has 2 saturated heterocycles. The number of ether oxygens (including phenoxy) is 2. The van der Waals surface area contributed by atoms with E-state index in [1.165, 1.54) is 31.4 Å². The molecular formula is C40H39FN6O5. The molecule has 0 bridgehead atoms. The summed E-state index contributed by atoms with van der Waals surface area (Å²) in [7, 11) is 1.45. The first-order valence-electron chi connectivity index (χ1n) is 17.2. The van der Waals surface area contributed by atoms with E-state index in [2.05, 4.69) is 21.8 Å². The lowest BCUT2D eigenvalue weighted by atomic mass is 9.91. The minimum atomic E-state index is -0.692. The summed E-state index contributed by atoms with van der Waals surface area (Å²) in [5.74, 6) is -0.344. The number of anilines is 1. The highest BCUT2D eigenvalue weighted by atomic mass is 19.1. The number of carbonyl (C=O) groups excluding carboxylic acids is 1. The molecule has 266 valence electrons. The SMILES string of the molecule is COc1ccc(-c2cnc(N3CCC(NCc4ccc(/C=C/C(=O)NOC5CCCCO5)cc4)CC3)c(C#N)c2-c2ccc(C#N)c(F)c2)cc1O. The molecule has 2 aliphatic rings. The molecule has 3 aromatic carbocycles. The lowest BCUT2D eigenvalue weighted by Crippen LogP contribution is -2.42. The van der Waals surface area contributed by atoms with Crippen LogP contribution in [0, 0.1) is 28.5 Å². The first-order chi connectivity index (χ1) is 25.4. The Bertz CT molecular complexity index is 2010. The van der Waals surface area contributed by atoms with E-state index in [0.29, 0.717) is 60.1 Å². The minimum Gasteiger partial charge on any atom is -0.504 e. The molecule has 0 saturated carbocycles. The number of nitrogens with zero attached hydrogens (tertiary/aromatic N) is 4. The van der Waals surface area contributed by atoms with E-state index in [1.807, 2.05) is 30.3 Å². The number of aromatic hydroxyl groups is 1. The Morgan fingerprint density at radius 2 is 1.85 bits per heavy atom. The molecule has 1 atom stereocenters. The third-order valence-corrected chi connectivity index (χ3v) is 9.26. The average Bonchev–Trinajstić information content (AvgIpc) is 3.18. The number of halogens is 1. The molecule has 0 spiro atoms. The number of nitrogens with one attached hydrogen (secondary N) is 2. The van der Waals surface area contributed by atoms with Gasteiger partial charge in [-0.25, -0.2) is 19.7 Å². The second-order valence-corrected chi connectivity index (χ2v) is 12.6. The highest BCUT2D eigenvalue weighted by Crippen LogP contribution is 2.41. The van der Waals surface area contributed by atoms with Crippen LogP contribution in [0.5, 0.6) is 11.5 Å². The van der Waals surface area contributed by atoms with Crippen molar-refractivity contribution in [1.82, 2.24) is 15.8 Å². The number of pyridine rings is 1. The first-order valence-corrected chi connectivity index (χ1v) is 17.2. The number of aromatic nitrogens is 1. The normalized spacial score (nSPS) is 16.3. The lowest BCUT2D eigenvalue weighted by Gasteiger charge is -2.34. The maximum atomic E-state index is 14.9. The molecule has 1 unspecified atom stereocenters. The van der Waals surface area contributed by atoms with Gasteiger partial charge in [0.2, 0.25) is 0 Å². The predicted octanol–water partition coefficient (Wildman–Crippen LogP) is 6.36. The number of phenols is 1. The fourth-order valence-corrected chi connectivity index (χ4v) is 6.42. The number of hydrogen-bond donors (Lipinski definition) is 3. The van der Waals surface area contributed by atoms with Crippen molar-refractivity contribution in [1.29, 1.82) is 10.5 Å². The van der Waals surface area contributed by atoms with E-state index in [9.17, 15) is 24.8 Å². The first kappa shape index (κ1) is 36.0. The minimum absolute atomic E-state index is 0.0852. The highest BCUT2D eigenvalue weighted by molar-refractivity contribution is 5.91. The molecule has 52 heavy (non-hydrogen) atoms. The number of phenolic OH excluding ortho intramolecular Hbond substituents is 1. The van der Waals surface area contributed by atoms with Gasteiger partial charge >= 0.3 is 0 Å². The van der Waals surface area contributed by atoms with Crippen molar-refractivity contribution in [3.63, 3.8) is 0 Å². The molecule has 6 rings (SSSR count). The summed E-state index contributed by atoms with van der Waals surface area (Å²) in [6.45, 7) is 2.60. The van der Waals surface area contributed by atoms with Crippen LogP contribution < -0.4 is 20.4 Å². The summed E-state index contributed by atoms with van der Waals surface area (Å²) < 4.78 is 25.6. The van der Waals surface area contributed by atoms with Crippen molar-refractivity contribution in [2.75, 3.05) is 31.7 Å². The maximum Gasteiger partial charge on any atom is 0.267 e. The van der Waals surface area contributed by atoms with E-state index < -0.39 is 12.1 Å². The fourth-order valence-electron chi connectivity index (χ4n) is 6.42. The number of hydroxylamine groups is 1. The number of piperidine rings is 1. The summed E-state index contributed by atoms with van der Waals surface area (Å²) in [5.41, 5.74) is 6.58. The third kappa shape index (κ3) is 8.56. The van der Waals surface area contributed by atoms with Crippen molar-refractivity contribution < 1.29 is 28.6 Å². The van der Waals surface area contributed by atoms with Gasteiger partial charge in [-0.15, -0.1) is 0 Å². The van der Waals surface area contributed by atoms with E-state index in [1.54, 1.807) is 30.5 Å². The van der Waals surface area contributed by atoms with Crippen LogP contribution in [0.15, 0.2) is 72.9 Å². The van der Waals surface area contributed by atoms with Crippen LogP contribution >= 0.6 is 0 Å². The van der Waals surface area contributed by atoms with Crippen LogP contribution in [0.2, 0.25) is 0 Å². The molecule has 3 heterocycles. The number of nitriles is 2. The van der Waals surface area contributed by atoms with Crippen molar-refractivity contribution in [2.45, 2.75) is 51.0 Å². The Morgan fingerprint density at radius 3 is 2.52 bits per heavy atom. The Morgan fingerprint density at radius 1 is 1.06 bits per heavy atom. The Kier molecular flexibility index (Phi) is 11.7. The molecule has 2 fully saturated rings. The van der Waals surface area contributed by atoms with Gasteiger partial charge in [-0.05, 0) is 78.3 Å². The molecule has 4 aromatic rings. The van der Waals surface area contributed by atoms with Gasteiger partial charge in [0.25, 0.3) is 5.91 Å².